The summed E-state index contributed by atoms with van der Waals surface area (Å²) < 4.78 is 19.4. The average Bonchev–Trinajstić information content (AvgIpc) is 3.62. The largest absolute Gasteiger partial charge is 0.504 e. The maximum atomic E-state index is 10.3. The number of imidazole rings is 1. The molecule has 1 aliphatic rings. The van der Waals surface area contributed by atoms with E-state index in [0.29, 0.717) is 32.0 Å². The Morgan fingerprint density at radius 3 is 2.44 bits per heavy atom. The number of hydrogen-bond donors (Lipinski definition) is 1. The summed E-state index contributed by atoms with van der Waals surface area (Å²) in [5, 5.41) is 10.3. The van der Waals surface area contributed by atoms with Crippen LogP contribution in [0.25, 0.3) is 17.5 Å². The van der Waals surface area contributed by atoms with Crippen LogP contribution < -0.4 is 14.2 Å². The van der Waals surface area contributed by atoms with E-state index in [9.17, 15) is 5.11 Å². The van der Waals surface area contributed by atoms with Gasteiger partial charge in [0, 0.05) is 31.7 Å². The number of ether oxygens (including phenoxy) is 3. The van der Waals surface area contributed by atoms with Crippen LogP contribution in [0.3, 0.4) is 0 Å². The first kappa shape index (κ1) is 30.2. The molecule has 0 fully saturated rings. The second kappa shape index (κ2) is 14.8. The topological polar surface area (TPSA) is 69.0 Å². The highest BCUT2D eigenvalue weighted by Crippen LogP contribution is 2.34. The van der Waals surface area contributed by atoms with Crippen molar-refractivity contribution in [3.05, 3.63) is 95.3 Å². The van der Waals surface area contributed by atoms with Gasteiger partial charge in [-0.05, 0) is 61.2 Å². The van der Waals surface area contributed by atoms with Crippen LogP contribution in [-0.4, -0.2) is 33.0 Å². The molecule has 7 nitrogen and oxygen atoms in total. The molecule has 5 rings (SSSR count). The predicted octanol–water partition coefficient (Wildman–Crippen LogP) is 8.20. The molecule has 226 valence electrons. The fraction of sp³-hybridized carbons (Fsp3) is 0.361. The Bertz CT molecular complexity index is 1510. The third-order valence-corrected chi connectivity index (χ3v) is 7.55. The first-order chi connectivity index (χ1) is 21.1. The molecule has 0 amide bonds. The zero-order chi connectivity index (χ0) is 30.0. The van der Waals surface area contributed by atoms with Crippen LogP contribution in [0, 0.1) is 0 Å². The Morgan fingerprint density at radius 2 is 1.67 bits per heavy atom. The van der Waals surface area contributed by atoms with Crippen molar-refractivity contribution < 1.29 is 19.3 Å². The molecule has 7 heteroatoms. The van der Waals surface area contributed by atoms with E-state index in [0.717, 1.165) is 71.9 Å². The zero-order valence-electron chi connectivity index (χ0n) is 25.6. The molecule has 3 aromatic carbocycles. The molecule has 0 saturated heterocycles. The van der Waals surface area contributed by atoms with Gasteiger partial charge >= 0.3 is 0 Å². The van der Waals surface area contributed by atoms with Crippen LogP contribution in [-0.2, 0) is 26.2 Å². The van der Waals surface area contributed by atoms with Crippen LogP contribution in [0.2, 0.25) is 0 Å². The Kier molecular flexibility index (Phi) is 10.4. The Morgan fingerprint density at radius 1 is 0.907 bits per heavy atom. The molecule has 0 spiro atoms. The van der Waals surface area contributed by atoms with Crippen LogP contribution in [0.4, 0.5) is 0 Å². The van der Waals surface area contributed by atoms with Crippen molar-refractivity contribution in [1.29, 1.82) is 0 Å². The summed E-state index contributed by atoms with van der Waals surface area (Å²) in [7, 11) is 0. The highest BCUT2D eigenvalue weighted by Gasteiger charge is 2.21. The van der Waals surface area contributed by atoms with Gasteiger partial charge in [-0.15, -0.1) is 0 Å². The molecule has 0 unspecified atom stereocenters. The van der Waals surface area contributed by atoms with E-state index < -0.39 is 0 Å². The molecule has 0 radical (unpaired) electrons. The minimum absolute atomic E-state index is 0.154. The second-order valence-electron chi connectivity index (χ2n) is 10.9. The van der Waals surface area contributed by atoms with Crippen molar-refractivity contribution in [3.8, 4) is 34.4 Å². The maximum Gasteiger partial charge on any atom is 0.231 e. The molecule has 4 aromatic rings. The molecule has 43 heavy (non-hydrogen) atoms. The molecule has 0 aliphatic carbocycles. The normalized spacial score (nSPS) is 12.5. The maximum absolute atomic E-state index is 10.3. The summed E-state index contributed by atoms with van der Waals surface area (Å²) in [6, 6.07) is 22.3. The molecule has 0 bridgehead atoms. The van der Waals surface area contributed by atoms with E-state index >= 15 is 0 Å². The molecular formula is C36H43N3O4. The predicted molar refractivity (Wildman–Crippen MR) is 171 cm³/mol. The summed E-state index contributed by atoms with van der Waals surface area (Å²) in [4.78, 5) is 7.65. The van der Waals surface area contributed by atoms with Gasteiger partial charge in [0.1, 0.15) is 5.82 Å². The number of unbranched alkanes of at least 4 members (excludes halogenated alkanes) is 2. The summed E-state index contributed by atoms with van der Waals surface area (Å²) >= 11 is 0. The van der Waals surface area contributed by atoms with Gasteiger partial charge < -0.3 is 23.9 Å². The summed E-state index contributed by atoms with van der Waals surface area (Å²) in [5.41, 5.74) is 5.54. The third kappa shape index (κ3) is 7.59. The lowest BCUT2D eigenvalue weighted by Gasteiger charge is -2.25. The van der Waals surface area contributed by atoms with Gasteiger partial charge in [0.25, 0.3) is 0 Å². The Labute approximate surface area is 255 Å². The molecule has 1 aromatic heterocycles. The number of nitrogens with zero attached hydrogens (tertiary/aromatic N) is 3. The van der Waals surface area contributed by atoms with Gasteiger partial charge in [-0.2, -0.15) is 0 Å². The number of rotatable bonds is 15. The van der Waals surface area contributed by atoms with Crippen molar-refractivity contribution in [3.63, 3.8) is 0 Å². The van der Waals surface area contributed by atoms with Crippen molar-refractivity contribution in [1.82, 2.24) is 14.5 Å². The minimum atomic E-state index is 0.154. The monoisotopic (exact) mass is 581 g/mol. The lowest BCUT2D eigenvalue weighted by molar-refractivity contribution is 0.174. The van der Waals surface area contributed by atoms with Crippen molar-refractivity contribution in [2.24, 2.45) is 0 Å². The average molecular weight is 582 g/mol. The summed E-state index contributed by atoms with van der Waals surface area (Å²) in [6.07, 6.45) is 8.70. The van der Waals surface area contributed by atoms with Crippen molar-refractivity contribution in [2.75, 3.05) is 13.4 Å². The number of hydrogen-bond acceptors (Lipinski definition) is 6. The number of allylic oxidation sites excluding steroid dienone is 1. The van der Waals surface area contributed by atoms with E-state index in [1.54, 1.807) is 6.07 Å². The SMILES string of the molecule is CCC/C=C/c1nc(-c2ccccc2)n(CCCC)c1CN(Cc1ccc(O)c(OCC)c1)Cc1ccc2c(c1)OCO2. The second-order valence-corrected chi connectivity index (χ2v) is 10.9. The van der Waals surface area contributed by atoms with Crippen LogP contribution >= 0.6 is 0 Å². The van der Waals surface area contributed by atoms with E-state index in [1.807, 2.05) is 31.2 Å². The number of aromatic nitrogens is 2. The molecule has 1 aliphatic heterocycles. The molecule has 1 N–H and O–H groups in total. The number of phenols is 1. The van der Waals surface area contributed by atoms with Gasteiger partial charge in [-0.25, -0.2) is 4.98 Å². The van der Waals surface area contributed by atoms with E-state index in [1.165, 1.54) is 5.69 Å². The molecule has 0 atom stereocenters. The fourth-order valence-corrected chi connectivity index (χ4v) is 5.39. The number of benzene rings is 3. The highest BCUT2D eigenvalue weighted by atomic mass is 16.7. The summed E-state index contributed by atoms with van der Waals surface area (Å²) in [5.74, 6) is 3.23. The van der Waals surface area contributed by atoms with Crippen LogP contribution in [0.1, 0.15) is 69.0 Å². The van der Waals surface area contributed by atoms with E-state index in [-0.39, 0.29) is 12.5 Å². The fourth-order valence-electron chi connectivity index (χ4n) is 5.39. The van der Waals surface area contributed by atoms with Gasteiger partial charge in [0.05, 0.1) is 18.0 Å². The summed E-state index contributed by atoms with van der Waals surface area (Å²) in [6.45, 7) is 10.0. The van der Waals surface area contributed by atoms with Gasteiger partial charge in [-0.3, -0.25) is 4.90 Å². The molecule has 0 saturated carbocycles. The van der Waals surface area contributed by atoms with Crippen molar-refractivity contribution >= 4 is 6.08 Å². The number of fused-ring (bicyclic) bond motifs is 1. The number of aromatic hydroxyl groups is 1. The standard InChI is InChI=1S/C36H43N3O4/c1-4-7-10-15-30-31(39(20-8-5-2)36(37-30)29-13-11-9-12-14-29)25-38(23-27-16-18-32(40)34(21-27)41-6-3)24-28-17-19-33-35(22-28)43-26-42-33/h9-19,21-22,40H,4-8,20,23-26H2,1-3H3/b15-10+. The number of phenolic OH excluding ortho intramolecular Hbond substituents is 1. The van der Waals surface area contributed by atoms with Crippen molar-refractivity contribution in [2.45, 2.75) is 72.6 Å². The van der Waals surface area contributed by atoms with Gasteiger partial charge in [0.15, 0.2) is 23.0 Å². The smallest absolute Gasteiger partial charge is 0.231 e. The van der Waals surface area contributed by atoms with Crippen LogP contribution in [0.5, 0.6) is 23.0 Å². The quantitative estimate of drug-likeness (QED) is 0.153. The van der Waals surface area contributed by atoms with Gasteiger partial charge in [0.2, 0.25) is 6.79 Å². The van der Waals surface area contributed by atoms with Gasteiger partial charge in [-0.1, -0.05) is 75.2 Å². The van der Waals surface area contributed by atoms with Crippen LogP contribution in [0.15, 0.2) is 72.8 Å². The zero-order valence-corrected chi connectivity index (χ0v) is 25.6. The first-order valence-corrected chi connectivity index (χ1v) is 15.5. The van der Waals surface area contributed by atoms with E-state index in [2.05, 4.69) is 71.9 Å². The molecular weight excluding hydrogens is 538 g/mol. The lowest BCUT2D eigenvalue weighted by Crippen LogP contribution is -2.24. The lowest BCUT2D eigenvalue weighted by atomic mass is 10.1. The third-order valence-electron chi connectivity index (χ3n) is 7.55. The Hall–Kier alpha value is -4.23. The highest BCUT2D eigenvalue weighted by molar-refractivity contribution is 5.61. The first-order valence-electron chi connectivity index (χ1n) is 15.5. The Balaban J connectivity index is 1.56. The minimum Gasteiger partial charge on any atom is -0.504 e. The van der Waals surface area contributed by atoms with E-state index in [4.69, 9.17) is 19.2 Å². The molecule has 2 heterocycles.